The van der Waals surface area contributed by atoms with Gasteiger partial charge in [0.25, 0.3) is 0 Å². The minimum atomic E-state index is -0.698. The molecule has 0 unspecified atom stereocenters. The lowest BCUT2D eigenvalue weighted by Crippen LogP contribution is -2.59. The number of likely N-dealkylation sites (tertiary alicyclic amines) is 2. The van der Waals surface area contributed by atoms with Crippen LogP contribution in [0.4, 0.5) is 0 Å². The molecule has 8 atom stereocenters. The highest BCUT2D eigenvalue weighted by Gasteiger charge is 2.42. The van der Waals surface area contributed by atoms with E-state index < -0.39 is 35.0 Å². The number of hydrogen-bond acceptors (Lipinski definition) is 8. The van der Waals surface area contributed by atoms with E-state index in [1.165, 1.54) is 11.1 Å². The van der Waals surface area contributed by atoms with Crippen LogP contribution in [0.1, 0.15) is 169 Å². The maximum absolute atomic E-state index is 14.3. The smallest absolute Gasteiger partial charge is 0.246 e. The molecule has 2 aliphatic rings. The zero-order valence-electron chi connectivity index (χ0n) is 46.4. The summed E-state index contributed by atoms with van der Waals surface area (Å²) < 4.78 is 0. The Kier molecular flexibility index (Phi) is 23.7. The summed E-state index contributed by atoms with van der Waals surface area (Å²) in [5.74, 6) is -0.211. The average Bonchev–Trinajstić information content (AvgIpc) is 4.03. The van der Waals surface area contributed by atoms with E-state index in [0.717, 1.165) is 64.2 Å². The molecule has 14 heteroatoms. The molecule has 0 bridgehead atoms. The number of carbonyl (C=O) groups excluding carboxylic acids is 6. The van der Waals surface area contributed by atoms with Gasteiger partial charge >= 0.3 is 0 Å². The highest BCUT2D eigenvalue weighted by atomic mass is 16.2. The highest BCUT2D eigenvalue weighted by molar-refractivity contribution is 5.91. The van der Waals surface area contributed by atoms with Crippen LogP contribution in [0.5, 0.6) is 0 Å². The molecule has 2 saturated heterocycles. The molecule has 6 amide bonds. The van der Waals surface area contributed by atoms with Crippen LogP contribution in [0.2, 0.25) is 0 Å². The predicted molar refractivity (Wildman–Crippen MR) is 289 cm³/mol. The average molecular weight is 999 g/mol. The monoisotopic (exact) mass is 999 g/mol. The van der Waals surface area contributed by atoms with Crippen molar-refractivity contribution in [2.24, 2.45) is 10.8 Å². The molecule has 2 aromatic rings. The van der Waals surface area contributed by atoms with Crippen LogP contribution >= 0.6 is 0 Å². The van der Waals surface area contributed by atoms with Crippen molar-refractivity contribution in [3.05, 3.63) is 71.8 Å². The van der Waals surface area contributed by atoms with Crippen LogP contribution in [0.15, 0.2) is 60.7 Å². The number of amides is 6. The molecule has 2 fully saturated rings. The van der Waals surface area contributed by atoms with Gasteiger partial charge in [-0.1, -0.05) is 142 Å². The Morgan fingerprint density at radius 1 is 0.542 bits per heavy atom. The number of nitrogens with one attached hydrogen (secondary N) is 4. The van der Waals surface area contributed by atoms with Gasteiger partial charge in [-0.25, -0.2) is 0 Å². The fourth-order valence-corrected chi connectivity index (χ4v) is 10.1. The molecule has 72 heavy (non-hydrogen) atoms. The summed E-state index contributed by atoms with van der Waals surface area (Å²) in [6.45, 7) is 22.9. The van der Waals surface area contributed by atoms with Gasteiger partial charge in [-0.15, -0.1) is 0 Å². The van der Waals surface area contributed by atoms with Crippen molar-refractivity contribution in [2.45, 2.75) is 194 Å². The molecule has 2 heterocycles. The van der Waals surface area contributed by atoms with Crippen molar-refractivity contribution in [2.75, 3.05) is 53.4 Å². The van der Waals surface area contributed by atoms with E-state index in [1.807, 2.05) is 97.5 Å². The van der Waals surface area contributed by atoms with Gasteiger partial charge in [0.05, 0.1) is 12.1 Å². The van der Waals surface area contributed by atoms with Gasteiger partial charge in [-0.05, 0) is 100 Å². The van der Waals surface area contributed by atoms with Gasteiger partial charge in [0.15, 0.2) is 0 Å². The SMILES string of the molecule is CN[C@@H](C)C(=O)N[C@H](C(=O)N1CCC[C@H]1CN(C[C@@H](C)c1ccccc1)C(=O)CCCCCCCCC(=O)N(C[C@@H]1CCCN1C(=O)[C@@H](NC(=O)[C@H](C)NC)C(C)(C)C)C[C@@H](C)c1ccccc1)C(C)(C)C. The van der Waals surface area contributed by atoms with Crippen LogP contribution < -0.4 is 21.3 Å². The summed E-state index contributed by atoms with van der Waals surface area (Å²) in [6.07, 6.45) is 9.41. The quantitative estimate of drug-likeness (QED) is 0.0665. The number of carbonyl (C=O) groups is 6. The standard InChI is InChI=1S/C58H94N8O6/c1-41(45-27-19-17-20-28-45)37-63(39-47-31-25-35-65(47)55(71)51(57(5,6)7)61-53(69)43(3)59-11)49(67)33-23-15-13-14-16-24-34-50(68)64(38-42(2)46-29-21-18-22-30-46)40-48-32-26-36-66(48)56(72)52(58(8,9)10)62-54(70)44(4)60-12/h17-22,27-30,41-44,47-48,51-52,59-60H,13-16,23-26,31-40H2,1-12H3,(H,61,69)(H,62,70)/t41-,42-,43+,44+,47+,48+,51-,52-/m1/s1. The largest absolute Gasteiger partial charge is 0.342 e. The molecule has 0 aromatic heterocycles. The Morgan fingerprint density at radius 3 is 1.19 bits per heavy atom. The highest BCUT2D eigenvalue weighted by Crippen LogP contribution is 2.30. The molecule has 0 radical (unpaired) electrons. The summed E-state index contributed by atoms with van der Waals surface area (Å²) in [5.41, 5.74) is 1.32. The number of nitrogens with zero attached hydrogens (tertiary/aromatic N) is 4. The molecule has 2 aromatic carbocycles. The van der Waals surface area contributed by atoms with Crippen molar-refractivity contribution < 1.29 is 28.8 Å². The lowest BCUT2D eigenvalue weighted by molar-refractivity contribution is -0.142. The number of hydrogen-bond donors (Lipinski definition) is 4. The van der Waals surface area contributed by atoms with Crippen molar-refractivity contribution in [3.8, 4) is 0 Å². The third kappa shape index (κ3) is 18.0. The molecule has 2 aliphatic heterocycles. The first-order chi connectivity index (χ1) is 34.1. The van der Waals surface area contributed by atoms with Gasteiger partial charge in [-0.3, -0.25) is 28.8 Å². The number of benzene rings is 2. The topological polar surface area (TPSA) is 163 Å². The third-order valence-electron chi connectivity index (χ3n) is 15.1. The molecular weight excluding hydrogens is 905 g/mol. The van der Waals surface area contributed by atoms with Crippen molar-refractivity contribution >= 4 is 35.4 Å². The maximum atomic E-state index is 14.3. The summed E-state index contributed by atoms with van der Waals surface area (Å²) >= 11 is 0. The Morgan fingerprint density at radius 2 is 0.875 bits per heavy atom. The third-order valence-corrected chi connectivity index (χ3v) is 15.1. The van der Waals surface area contributed by atoms with E-state index in [0.29, 0.717) is 52.1 Å². The molecule has 4 N–H and O–H groups in total. The number of rotatable bonds is 27. The molecular formula is C58H94N8O6. The summed E-state index contributed by atoms with van der Waals surface area (Å²) in [7, 11) is 3.45. The van der Waals surface area contributed by atoms with Crippen LogP contribution in [0.25, 0.3) is 0 Å². The zero-order valence-corrected chi connectivity index (χ0v) is 46.4. The van der Waals surface area contributed by atoms with Crippen LogP contribution in [0.3, 0.4) is 0 Å². The first-order valence-corrected chi connectivity index (χ1v) is 27.3. The zero-order chi connectivity index (χ0) is 53.2. The second kappa shape index (κ2) is 28.6. The van der Waals surface area contributed by atoms with E-state index >= 15 is 0 Å². The van der Waals surface area contributed by atoms with E-state index in [-0.39, 0.29) is 59.4 Å². The Bertz CT molecular complexity index is 1880. The Hall–Kier alpha value is -4.82. The lowest BCUT2D eigenvalue weighted by Gasteiger charge is -2.38. The number of likely N-dealkylation sites (N-methyl/N-ethyl adjacent to an activating group) is 2. The second-order valence-corrected chi connectivity index (χ2v) is 23.1. The minimum Gasteiger partial charge on any atom is -0.342 e. The molecule has 4 rings (SSSR count). The van der Waals surface area contributed by atoms with Gasteiger partial charge < -0.3 is 40.9 Å². The maximum Gasteiger partial charge on any atom is 0.246 e. The lowest BCUT2D eigenvalue weighted by atomic mass is 9.85. The molecule has 0 aliphatic carbocycles. The minimum absolute atomic E-state index is 0.0958. The van der Waals surface area contributed by atoms with Gasteiger partial charge in [0, 0.05) is 64.2 Å². The molecule has 14 nitrogen and oxygen atoms in total. The Labute approximate surface area is 433 Å². The van der Waals surface area contributed by atoms with Crippen LogP contribution in [-0.4, -0.2) is 145 Å². The van der Waals surface area contributed by atoms with E-state index in [4.69, 9.17) is 0 Å². The molecule has 0 saturated carbocycles. The summed E-state index contributed by atoms with van der Waals surface area (Å²) in [6, 6.07) is 18.0. The van der Waals surface area contributed by atoms with Gasteiger partial charge in [0.1, 0.15) is 12.1 Å². The predicted octanol–water partition coefficient (Wildman–Crippen LogP) is 7.63. The first kappa shape index (κ1) is 59.7. The van der Waals surface area contributed by atoms with E-state index in [1.54, 1.807) is 27.9 Å². The second-order valence-electron chi connectivity index (χ2n) is 23.1. The van der Waals surface area contributed by atoms with Crippen molar-refractivity contribution in [1.82, 2.24) is 40.9 Å². The van der Waals surface area contributed by atoms with E-state index in [2.05, 4.69) is 59.4 Å². The van der Waals surface area contributed by atoms with Crippen LogP contribution in [0, 0.1) is 10.8 Å². The van der Waals surface area contributed by atoms with Gasteiger partial charge in [-0.2, -0.15) is 0 Å². The summed E-state index contributed by atoms with van der Waals surface area (Å²) in [5, 5.41) is 12.0. The van der Waals surface area contributed by atoms with Gasteiger partial charge in [0.2, 0.25) is 35.4 Å². The summed E-state index contributed by atoms with van der Waals surface area (Å²) in [4.78, 5) is 90.7. The van der Waals surface area contributed by atoms with E-state index in [9.17, 15) is 28.8 Å². The van der Waals surface area contributed by atoms with Crippen LogP contribution in [-0.2, 0) is 28.8 Å². The van der Waals surface area contributed by atoms with Crippen molar-refractivity contribution in [1.29, 1.82) is 0 Å². The number of unbranched alkanes of at least 4 members (excludes halogenated alkanes) is 5. The first-order valence-electron chi connectivity index (χ1n) is 27.3. The Balaban J connectivity index is 1.34. The molecule has 0 spiro atoms. The fraction of sp³-hybridized carbons (Fsp3) is 0.690. The fourth-order valence-electron chi connectivity index (χ4n) is 10.1. The normalized spacial score (nSPS) is 18.7. The van der Waals surface area contributed by atoms with Crippen molar-refractivity contribution in [3.63, 3.8) is 0 Å². The molecule has 402 valence electrons.